The Labute approximate surface area is 181 Å². The number of alkyl halides is 3. The highest BCUT2D eigenvalue weighted by atomic mass is 19.4. The number of aromatic nitrogens is 4. The fourth-order valence-corrected chi connectivity index (χ4v) is 4.27. The normalized spacial score (nSPS) is 19.3. The summed E-state index contributed by atoms with van der Waals surface area (Å²) in [6.07, 6.45) is 3.00. The predicted molar refractivity (Wildman–Crippen MR) is 113 cm³/mol. The van der Waals surface area contributed by atoms with Crippen molar-refractivity contribution in [3.05, 3.63) is 60.3 Å². The van der Waals surface area contributed by atoms with Crippen LogP contribution in [0.2, 0.25) is 0 Å². The summed E-state index contributed by atoms with van der Waals surface area (Å²) in [5.74, 6) is 0.371. The molecule has 1 amide bonds. The Morgan fingerprint density at radius 2 is 1.88 bits per heavy atom. The van der Waals surface area contributed by atoms with Gasteiger partial charge in [-0.15, -0.1) is 0 Å². The Morgan fingerprint density at radius 3 is 2.66 bits per heavy atom. The van der Waals surface area contributed by atoms with Crippen molar-refractivity contribution in [2.24, 2.45) is 0 Å². The smallest absolute Gasteiger partial charge is 0.368 e. The average molecular weight is 442 g/mol. The molecule has 4 aromatic rings. The van der Waals surface area contributed by atoms with Crippen molar-refractivity contribution in [3.63, 3.8) is 0 Å². The first kappa shape index (κ1) is 20.3. The Hall–Kier alpha value is -3.56. The maximum atomic E-state index is 13.0. The first-order valence-electron chi connectivity index (χ1n) is 10.4. The molecule has 166 valence electrons. The van der Waals surface area contributed by atoms with Gasteiger partial charge in [-0.3, -0.25) is 14.2 Å². The zero-order valence-corrected chi connectivity index (χ0v) is 17.0. The summed E-state index contributed by atoms with van der Waals surface area (Å²) < 4.78 is 40.5. The van der Waals surface area contributed by atoms with Gasteiger partial charge in [-0.1, -0.05) is 6.07 Å². The number of amides is 1. The Morgan fingerprint density at radius 1 is 1.09 bits per heavy atom. The Bertz CT molecular complexity index is 1270. The van der Waals surface area contributed by atoms with Crippen LogP contribution in [0.15, 0.2) is 48.9 Å². The average Bonchev–Trinajstić information content (AvgIpc) is 3.42. The summed E-state index contributed by atoms with van der Waals surface area (Å²) >= 11 is 0. The van der Waals surface area contributed by atoms with Crippen molar-refractivity contribution >= 4 is 28.3 Å². The maximum absolute atomic E-state index is 13.0. The van der Waals surface area contributed by atoms with E-state index in [9.17, 15) is 18.0 Å². The van der Waals surface area contributed by atoms with Crippen LogP contribution in [-0.2, 0) is 6.18 Å². The fraction of sp³-hybridized carbons (Fsp3) is 0.318. The first-order valence-corrected chi connectivity index (χ1v) is 10.4. The lowest BCUT2D eigenvalue weighted by Crippen LogP contribution is -2.40. The third kappa shape index (κ3) is 3.88. The number of carbonyl (C=O) groups is 1. The summed E-state index contributed by atoms with van der Waals surface area (Å²) in [6, 6.07) is 8.75. The number of aromatic amines is 1. The van der Waals surface area contributed by atoms with Crippen LogP contribution in [0.25, 0.3) is 16.6 Å². The van der Waals surface area contributed by atoms with E-state index in [1.54, 1.807) is 30.6 Å². The van der Waals surface area contributed by atoms with Gasteiger partial charge in [0.05, 0.1) is 0 Å². The summed E-state index contributed by atoms with van der Waals surface area (Å²) in [4.78, 5) is 23.7. The van der Waals surface area contributed by atoms with Crippen molar-refractivity contribution in [1.82, 2.24) is 24.7 Å². The van der Waals surface area contributed by atoms with Crippen molar-refractivity contribution in [2.45, 2.75) is 43.9 Å². The molecule has 32 heavy (non-hydrogen) atoms. The lowest BCUT2D eigenvalue weighted by atomic mass is 9.91. The molecule has 0 spiro atoms. The molecule has 1 saturated carbocycles. The van der Waals surface area contributed by atoms with E-state index in [1.807, 2.05) is 12.1 Å². The zero-order valence-electron chi connectivity index (χ0n) is 17.0. The highest BCUT2D eigenvalue weighted by Crippen LogP contribution is 2.30. The Balaban J connectivity index is 1.22. The number of H-pyrrole nitrogens is 1. The molecule has 0 aromatic carbocycles. The molecule has 4 heterocycles. The van der Waals surface area contributed by atoms with Gasteiger partial charge in [0.25, 0.3) is 5.91 Å². The quantitative estimate of drug-likeness (QED) is 0.438. The molecule has 4 aromatic heterocycles. The molecule has 7 nitrogen and oxygen atoms in total. The number of halogens is 3. The SMILES string of the molecule is O=C(N[C@H]1CC[C@@H](Nc2cccc3nc(C(F)(F)F)cn23)CC1)c1nccc2[nH]ccc12. The number of carbonyl (C=O) groups excluding carboxylic acids is 1. The number of anilines is 1. The topological polar surface area (TPSA) is 87.1 Å². The number of hydrogen-bond acceptors (Lipinski definition) is 4. The first-order chi connectivity index (χ1) is 15.4. The van der Waals surface area contributed by atoms with Crippen LogP contribution in [-0.4, -0.2) is 37.3 Å². The molecule has 5 rings (SSSR count). The lowest BCUT2D eigenvalue weighted by molar-refractivity contribution is -0.140. The van der Waals surface area contributed by atoms with Gasteiger partial charge in [0.15, 0.2) is 5.69 Å². The predicted octanol–water partition coefficient (Wildman–Crippen LogP) is 4.38. The van der Waals surface area contributed by atoms with E-state index in [1.165, 1.54) is 4.40 Å². The minimum absolute atomic E-state index is 0.0254. The van der Waals surface area contributed by atoms with E-state index in [2.05, 4.69) is 25.6 Å². The summed E-state index contributed by atoms with van der Waals surface area (Å²) in [6.45, 7) is 0. The molecule has 1 fully saturated rings. The van der Waals surface area contributed by atoms with Gasteiger partial charge in [0, 0.05) is 41.6 Å². The van der Waals surface area contributed by atoms with E-state index < -0.39 is 11.9 Å². The second-order valence-electron chi connectivity index (χ2n) is 8.03. The number of fused-ring (bicyclic) bond motifs is 2. The second kappa shape index (κ2) is 7.85. The van der Waals surface area contributed by atoms with Gasteiger partial charge < -0.3 is 15.6 Å². The number of pyridine rings is 2. The summed E-state index contributed by atoms with van der Waals surface area (Å²) in [5.41, 5.74) is 0.593. The van der Waals surface area contributed by atoms with E-state index in [0.29, 0.717) is 11.5 Å². The van der Waals surface area contributed by atoms with Gasteiger partial charge in [-0.25, -0.2) is 4.98 Å². The van der Waals surface area contributed by atoms with E-state index in [-0.39, 0.29) is 23.6 Å². The molecule has 0 saturated heterocycles. The summed E-state index contributed by atoms with van der Waals surface area (Å²) in [5, 5.41) is 7.19. The van der Waals surface area contributed by atoms with Gasteiger partial charge in [-0.05, 0) is 49.9 Å². The zero-order chi connectivity index (χ0) is 22.3. The number of nitrogens with zero attached hydrogens (tertiary/aromatic N) is 3. The lowest BCUT2D eigenvalue weighted by Gasteiger charge is -2.30. The molecule has 0 radical (unpaired) electrons. The standard InChI is InChI=1S/C22H21F3N6O/c23-22(24,25)17-12-31-18(2-1-3-19(31)30-17)28-13-4-6-14(7-5-13)29-21(32)20-15-8-10-26-16(15)9-11-27-20/h1-3,8-14,26,28H,4-7H2,(H,29,32)/t13-,14+. The number of imidazole rings is 1. The summed E-state index contributed by atoms with van der Waals surface area (Å²) in [7, 11) is 0. The van der Waals surface area contributed by atoms with Crippen LogP contribution >= 0.6 is 0 Å². The van der Waals surface area contributed by atoms with Crippen LogP contribution in [0.5, 0.6) is 0 Å². The van der Waals surface area contributed by atoms with Gasteiger partial charge in [-0.2, -0.15) is 13.2 Å². The number of nitrogens with one attached hydrogen (secondary N) is 3. The highest BCUT2D eigenvalue weighted by Gasteiger charge is 2.34. The van der Waals surface area contributed by atoms with E-state index in [4.69, 9.17) is 0 Å². The van der Waals surface area contributed by atoms with Gasteiger partial charge >= 0.3 is 6.18 Å². The highest BCUT2D eigenvalue weighted by molar-refractivity contribution is 6.04. The fourth-order valence-electron chi connectivity index (χ4n) is 4.27. The van der Waals surface area contributed by atoms with Crippen molar-refractivity contribution in [2.75, 3.05) is 5.32 Å². The molecule has 10 heteroatoms. The van der Waals surface area contributed by atoms with Gasteiger partial charge in [0.1, 0.15) is 17.2 Å². The number of rotatable bonds is 4. The van der Waals surface area contributed by atoms with Crippen LogP contribution < -0.4 is 10.6 Å². The van der Waals surface area contributed by atoms with Crippen molar-refractivity contribution in [3.8, 4) is 0 Å². The molecule has 0 unspecified atom stereocenters. The maximum Gasteiger partial charge on any atom is 0.434 e. The minimum atomic E-state index is -4.49. The van der Waals surface area contributed by atoms with E-state index in [0.717, 1.165) is 42.8 Å². The van der Waals surface area contributed by atoms with Crippen LogP contribution in [0.1, 0.15) is 41.9 Å². The Kier molecular flexibility index (Phi) is 4.99. The van der Waals surface area contributed by atoms with Crippen molar-refractivity contribution in [1.29, 1.82) is 0 Å². The molecule has 3 N–H and O–H groups in total. The third-order valence-corrected chi connectivity index (χ3v) is 5.89. The van der Waals surface area contributed by atoms with Crippen molar-refractivity contribution < 1.29 is 18.0 Å². The second-order valence-corrected chi connectivity index (χ2v) is 8.03. The van der Waals surface area contributed by atoms with Crippen LogP contribution in [0, 0.1) is 0 Å². The number of hydrogen-bond donors (Lipinski definition) is 3. The van der Waals surface area contributed by atoms with Crippen LogP contribution in [0.3, 0.4) is 0 Å². The third-order valence-electron chi connectivity index (χ3n) is 5.89. The molecule has 1 aliphatic rings. The molecule has 0 atom stereocenters. The molecular weight excluding hydrogens is 421 g/mol. The largest absolute Gasteiger partial charge is 0.434 e. The molecule has 0 bridgehead atoms. The van der Waals surface area contributed by atoms with Crippen LogP contribution in [0.4, 0.5) is 19.0 Å². The molecule has 0 aliphatic heterocycles. The minimum Gasteiger partial charge on any atom is -0.368 e. The molecule has 1 aliphatic carbocycles. The molecular formula is C22H21F3N6O. The van der Waals surface area contributed by atoms with E-state index >= 15 is 0 Å². The monoisotopic (exact) mass is 442 g/mol. The van der Waals surface area contributed by atoms with Gasteiger partial charge in [0.2, 0.25) is 0 Å².